The summed E-state index contributed by atoms with van der Waals surface area (Å²) in [5, 5.41) is 13.6. The lowest BCUT2D eigenvalue weighted by molar-refractivity contribution is 0.0857. The van der Waals surface area contributed by atoms with Crippen LogP contribution in [0.25, 0.3) is 5.52 Å². The van der Waals surface area contributed by atoms with E-state index >= 15 is 0 Å². The second-order valence-corrected chi connectivity index (χ2v) is 8.82. The molecule has 1 aromatic carbocycles. The molecule has 9 heteroatoms. The molecular weight excluding hydrogens is 420 g/mol. The number of fused-ring (bicyclic) bond motifs is 1. The van der Waals surface area contributed by atoms with Gasteiger partial charge in [-0.2, -0.15) is 5.10 Å². The highest BCUT2D eigenvalue weighted by Crippen LogP contribution is 2.28. The summed E-state index contributed by atoms with van der Waals surface area (Å²) in [4.78, 5) is 29.7. The van der Waals surface area contributed by atoms with Crippen molar-refractivity contribution >= 4 is 28.8 Å². The van der Waals surface area contributed by atoms with Crippen molar-refractivity contribution in [1.29, 1.82) is 0 Å². The Morgan fingerprint density at radius 1 is 1.18 bits per heavy atom. The lowest BCUT2D eigenvalue weighted by Crippen LogP contribution is -2.31. The largest absolute Gasteiger partial charge is 0.376 e. The first-order chi connectivity index (χ1) is 16.0. The maximum Gasteiger partial charge on any atom is 0.253 e. The predicted molar refractivity (Wildman–Crippen MR) is 124 cm³/mol. The fourth-order valence-electron chi connectivity index (χ4n) is 4.11. The van der Waals surface area contributed by atoms with Crippen LogP contribution in [-0.2, 0) is 4.74 Å². The third-order valence-corrected chi connectivity index (χ3v) is 6.25. The highest BCUT2D eigenvalue weighted by Gasteiger charge is 2.24. The predicted octanol–water partition coefficient (Wildman–Crippen LogP) is 2.89. The number of anilines is 2. The SMILES string of the molecule is Cc1ccc(C(=O)NC2CC2)cc1Nc1ncnn2cc(C(=O)NC[C@H]3CCCO3)c(C)c12. The molecular formula is C24H28N6O3. The van der Waals surface area contributed by atoms with Crippen LogP contribution in [0.3, 0.4) is 0 Å². The number of carbonyl (C=O) groups excluding carboxylic acids is 2. The summed E-state index contributed by atoms with van der Waals surface area (Å²) in [7, 11) is 0. The maximum absolute atomic E-state index is 12.8. The van der Waals surface area contributed by atoms with Gasteiger partial charge in [-0.15, -0.1) is 0 Å². The average molecular weight is 449 g/mol. The zero-order valence-corrected chi connectivity index (χ0v) is 18.9. The molecule has 33 heavy (non-hydrogen) atoms. The molecule has 1 saturated carbocycles. The fourth-order valence-corrected chi connectivity index (χ4v) is 4.11. The molecule has 2 fully saturated rings. The van der Waals surface area contributed by atoms with E-state index in [9.17, 15) is 9.59 Å². The van der Waals surface area contributed by atoms with E-state index in [1.807, 2.05) is 32.0 Å². The molecule has 0 unspecified atom stereocenters. The number of carbonyl (C=O) groups is 2. The van der Waals surface area contributed by atoms with Crippen LogP contribution in [0, 0.1) is 13.8 Å². The van der Waals surface area contributed by atoms with Gasteiger partial charge in [0.1, 0.15) is 11.8 Å². The average Bonchev–Trinajstić information content (AvgIpc) is 3.33. The monoisotopic (exact) mass is 448 g/mol. The Bertz CT molecular complexity index is 1210. The number of aromatic nitrogens is 3. The van der Waals surface area contributed by atoms with Crippen LogP contribution in [0.5, 0.6) is 0 Å². The Morgan fingerprint density at radius 2 is 2.03 bits per heavy atom. The second-order valence-electron chi connectivity index (χ2n) is 8.82. The number of aryl methyl sites for hydroxylation is 2. The molecule has 1 saturated heterocycles. The number of hydrogen-bond donors (Lipinski definition) is 3. The quantitative estimate of drug-likeness (QED) is 0.513. The van der Waals surface area contributed by atoms with E-state index in [4.69, 9.17) is 4.74 Å². The minimum Gasteiger partial charge on any atom is -0.376 e. The minimum absolute atomic E-state index is 0.0718. The Balaban J connectivity index is 1.39. The van der Waals surface area contributed by atoms with Crippen LogP contribution < -0.4 is 16.0 Å². The Labute approximate surface area is 191 Å². The number of nitrogens with zero attached hydrogens (tertiary/aromatic N) is 3. The molecule has 0 radical (unpaired) electrons. The van der Waals surface area contributed by atoms with Crippen molar-refractivity contribution in [3.8, 4) is 0 Å². The first kappa shape index (κ1) is 21.4. The standard InChI is InChI=1S/C24H28N6O3/c1-14-5-6-16(23(31)28-17-7-8-17)10-20(14)29-22-21-15(2)19(12-30(21)27-13-26-22)24(32)25-11-18-4-3-9-33-18/h5-6,10,12-13,17-18H,3-4,7-9,11H2,1-2H3,(H,25,32)(H,28,31)(H,26,27,29)/t18-/m1/s1. The third-order valence-electron chi connectivity index (χ3n) is 6.25. The second kappa shape index (κ2) is 8.82. The van der Waals surface area contributed by atoms with E-state index in [-0.39, 0.29) is 17.9 Å². The molecule has 172 valence electrons. The van der Waals surface area contributed by atoms with Crippen LogP contribution >= 0.6 is 0 Å². The van der Waals surface area contributed by atoms with Crippen molar-refractivity contribution in [2.45, 2.75) is 51.7 Å². The normalized spacial score (nSPS) is 17.8. The van der Waals surface area contributed by atoms with Crippen molar-refractivity contribution in [1.82, 2.24) is 25.2 Å². The summed E-state index contributed by atoms with van der Waals surface area (Å²) in [5.41, 5.74) is 4.40. The first-order valence-corrected chi connectivity index (χ1v) is 11.4. The Morgan fingerprint density at radius 3 is 2.79 bits per heavy atom. The molecule has 3 aromatic rings. The molecule has 5 rings (SSSR count). The number of hydrogen-bond acceptors (Lipinski definition) is 6. The highest BCUT2D eigenvalue weighted by molar-refractivity contribution is 5.99. The number of ether oxygens (including phenoxy) is 1. The third kappa shape index (κ3) is 4.54. The minimum atomic E-state index is -0.158. The summed E-state index contributed by atoms with van der Waals surface area (Å²) in [6.07, 6.45) is 7.32. The summed E-state index contributed by atoms with van der Waals surface area (Å²) < 4.78 is 7.25. The van der Waals surface area contributed by atoms with Crippen molar-refractivity contribution < 1.29 is 14.3 Å². The van der Waals surface area contributed by atoms with Crippen LogP contribution in [0.15, 0.2) is 30.7 Å². The molecule has 2 aliphatic rings. The molecule has 3 heterocycles. The van der Waals surface area contributed by atoms with Crippen LogP contribution in [0.2, 0.25) is 0 Å². The molecule has 9 nitrogen and oxygen atoms in total. The lowest BCUT2D eigenvalue weighted by atomic mass is 10.1. The van der Waals surface area contributed by atoms with Gasteiger partial charge in [0, 0.05) is 36.6 Å². The van der Waals surface area contributed by atoms with Gasteiger partial charge in [0.05, 0.1) is 11.7 Å². The van der Waals surface area contributed by atoms with E-state index in [0.717, 1.165) is 49.1 Å². The van der Waals surface area contributed by atoms with Crippen molar-refractivity contribution in [3.05, 3.63) is 53.0 Å². The highest BCUT2D eigenvalue weighted by atomic mass is 16.5. The molecule has 1 aliphatic carbocycles. The van der Waals surface area contributed by atoms with Crippen molar-refractivity contribution in [2.24, 2.45) is 0 Å². The lowest BCUT2D eigenvalue weighted by Gasteiger charge is -2.12. The van der Waals surface area contributed by atoms with E-state index in [1.165, 1.54) is 6.33 Å². The van der Waals surface area contributed by atoms with Crippen molar-refractivity contribution in [2.75, 3.05) is 18.5 Å². The molecule has 0 spiro atoms. The van der Waals surface area contributed by atoms with E-state index in [2.05, 4.69) is 26.0 Å². The number of nitrogens with one attached hydrogen (secondary N) is 3. The van der Waals surface area contributed by atoms with E-state index in [1.54, 1.807) is 10.7 Å². The number of benzene rings is 1. The fraction of sp³-hybridized carbons (Fsp3) is 0.417. The Hall–Kier alpha value is -3.46. The number of rotatable bonds is 7. The molecule has 1 atom stereocenters. The zero-order chi connectivity index (χ0) is 22.9. The van der Waals surface area contributed by atoms with Gasteiger partial charge in [0.25, 0.3) is 11.8 Å². The molecule has 0 bridgehead atoms. The van der Waals surface area contributed by atoms with Crippen LogP contribution in [0.4, 0.5) is 11.5 Å². The van der Waals surface area contributed by atoms with E-state index in [0.29, 0.717) is 35.0 Å². The van der Waals surface area contributed by atoms with Gasteiger partial charge in [-0.25, -0.2) is 9.50 Å². The summed E-state index contributed by atoms with van der Waals surface area (Å²) in [6, 6.07) is 5.87. The first-order valence-electron chi connectivity index (χ1n) is 11.4. The van der Waals surface area contributed by atoms with Crippen molar-refractivity contribution in [3.63, 3.8) is 0 Å². The molecule has 3 N–H and O–H groups in total. The van der Waals surface area contributed by atoms with Gasteiger partial charge < -0.3 is 20.7 Å². The van der Waals surface area contributed by atoms with Gasteiger partial charge in [0.15, 0.2) is 5.82 Å². The Kier molecular flexibility index (Phi) is 5.72. The summed E-state index contributed by atoms with van der Waals surface area (Å²) in [5.74, 6) is 0.343. The van der Waals surface area contributed by atoms with Gasteiger partial charge in [-0.3, -0.25) is 9.59 Å². The van der Waals surface area contributed by atoms with Gasteiger partial charge in [-0.05, 0) is 62.8 Å². The topological polar surface area (TPSA) is 110 Å². The van der Waals surface area contributed by atoms with Crippen LogP contribution in [0.1, 0.15) is 57.5 Å². The molecule has 2 amide bonds. The number of amides is 2. The molecule has 1 aliphatic heterocycles. The summed E-state index contributed by atoms with van der Waals surface area (Å²) >= 11 is 0. The molecule has 2 aromatic heterocycles. The van der Waals surface area contributed by atoms with Crippen LogP contribution in [-0.4, -0.2) is 51.7 Å². The smallest absolute Gasteiger partial charge is 0.253 e. The van der Waals surface area contributed by atoms with Gasteiger partial charge in [0.2, 0.25) is 0 Å². The maximum atomic E-state index is 12.8. The van der Waals surface area contributed by atoms with E-state index < -0.39 is 0 Å². The summed E-state index contributed by atoms with van der Waals surface area (Å²) in [6.45, 7) is 5.11. The van der Waals surface area contributed by atoms with Gasteiger partial charge in [-0.1, -0.05) is 6.07 Å². The zero-order valence-electron chi connectivity index (χ0n) is 18.9. The van der Waals surface area contributed by atoms with Gasteiger partial charge >= 0.3 is 0 Å².